The Morgan fingerprint density at radius 2 is 2.33 bits per heavy atom. The lowest BCUT2D eigenvalue weighted by Gasteiger charge is -2.00. The molecule has 94 valence electrons. The van der Waals surface area contributed by atoms with Gasteiger partial charge in [0.1, 0.15) is 5.76 Å². The average Bonchev–Trinajstić information content (AvgIpc) is 2.70. The highest BCUT2D eigenvalue weighted by Gasteiger charge is 2.13. The van der Waals surface area contributed by atoms with Crippen LogP contribution in [0.3, 0.4) is 0 Å². The Bertz CT molecular complexity index is 563. The highest BCUT2D eigenvalue weighted by atomic mass is 32.2. The summed E-state index contributed by atoms with van der Waals surface area (Å²) in [4.78, 5) is 14.9. The van der Waals surface area contributed by atoms with Gasteiger partial charge in [0, 0.05) is 11.3 Å². The van der Waals surface area contributed by atoms with Gasteiger partial charge in [-0.1, -0.05) is 0 Å². The summed E-state index contributed by atoms with van der Waals surface area (Å²) < 4.78 is 5.13. The van der Waals surface area contributed by atoms with Crippen molar-refractivity contribution >= 4 is 23.4 Å². The van der Waals surface area contributed by atoms with E-state index in [-0.39, 0.29) is 5.76 Å². The Hall–Kier alpha value is -1.95. The van der Waals surface area contributed by atoms with Crippen LogP contribution in [-0.4, -0.2) is 16.1 Å². The summed E-state index contributed by atoms with van der Waals surface area (Å²) in [5.74, 6) is 0.142. The number of pyridine rings is 1. The SMILES string of the molecule is Cc1oc(C(=O)O)cc1CSc1ccc(N)cn1. The van der Waals surface area contributed by atoms with Crippen LogP contribution >= 0.6 is 11.8 Å². The number of aryl methyl sites for hydroxylation is 1. The third-order valence-corrected chi connectivity index (χ3v) is 3.36. The van der Waals surface area contributed by atoms with E-state index in [4.69, 9.17) is 15.3 Å². The topological polar surface area (TPSA) is 89.3 Å². The van der Waals surface area contributed by atoms with Gasteiger partial charge >= 0.3 is 5.97 Å². The zero-order chi connectivity index (χ0) is 13.1. The number of rotatable bonds is 4. The fourth-order valence-corrected chi connectivity index (χ4v) is 2.28. The molecule has 0 radical (unpaired) electrons. The Morgan fingerprint density at radius 1 is 1.56 bits per heavy atom. The van der Waals surface area contributed by atoms with E-state index in [1.807, 2.05) is 6.07 Å². The zero-order valence-corrected chi connectivity index (χ0v) is 10.5. The third-order valence-electron chi connectivity index (χ3n) is 2.37. The molecule has 2 aromatic rings. The minimum absolute atomic E-state index is 0.0339. The summed E-state index contributed by atoms with van der Waals surface area (Å²) in [5.41, 5.74) is 7.02. The van der Waals surface area contributed by atoms with Gasteiger partial charge in [0.25, 0.3) is 0 Å². The van der Waals surface area contributed by atoms with E-state index in [1.165, 1.54) is 11.8 Å². The number of hydrogen-bond donors (Lipinski definition) is 2. The molecule has 0 bridgehead atoms. The molecule has 0 amide bonds. The van der Waals surface area contributed by atoms with Crippen LogP contribution in [0.25, 0.3) is 0 Å². The monoisotopic (exact) mass is 264 g/mol. The molecule has 0 aliphatic rings. The summed E-state index contributed by atoms with van der Waals surface area (Å²) in [6.45, 7) is 1.75. The van der Waals surface area contributed by atoms with Crippen LogP contribution in [0.15, 0.2) is 33.8 Å². The first-order chi connectivity index (χ1) is 8.56. The number of nitrogen functional groups attached to an aromatic ring is 1. The van der Waals surface area contributed by atoms with Gasteiger partial charge in [0.05, 0.1) is 16.9 Å². The molecule has 0 aliphatic carbocycles. The van der Waals surface area contributed by atoms with Gasteiger partial charge in [-0.05, 0) is 25.1 Å². The molecule has 18 heavy (non-hydrogen) atoms. The van der Waals surface area contributed by atoms with Crippen LogP contribution in [0, 0.1) is 6.92 Å². The summed E-state index contributed by atoms with van der Waals surface area (Å²) >= 11 is 1.50. The van der Waals surface area contributed by atoms with E-state index in [0.717, 1.165) is 10.6 Å². The number of carboxylic acid groups (broad SMARTS) is 1. The average molecular weight is 264 g/mol. The van der Waals surface area contributed by atoms with E-state index >= 15 is 0 Å². The van der Waals surface area contributed by atoms with E-state index in [2.05, 4.69) is 4.98 Å². The molecule has 0 unspecified atom stereocenters. The zero-order valence-electron chi connectivity index (χ0n) is 9.71. The molecule has 0 spiro atoms. The van der Waals surface area contributed by atoms with E-state index in [0.29, 0.717) is 17.2 Å². The van der Waals surface area contributed by atoms with Crippen LogP contribution < -0.4 is 5.73 Å². The molecule has 0 aromatic carbocycles. The Morgan fingerprint density at radius 3 is 2.89 bits per heavy atom. The molecule has 2 rings (SSSR count). The van der Waals surface area contributed by atoms with Crippen LogP contribution in [0.5, 0.6) is 0 Å². The standard InChI is InChI=1S/C12H12N2O3S/c1-7-8(4-10(17-7)12(15)16)6-18-11-3-2-9(13)5-14-11/h2-5H,6,13H2,1H3,(H,15,16). The fraction of sp³-hybridized carbons (Fsp3) is 0.167. The normalized spacial score (nSPS) is 10.5. The minimum Gasteiger partial charge on any atom is -0.475 e. The first-order valence-electron chi connectivity index (χ1n) is 5.23. The highest BCUT2D eigenvalue weighted by Crippen LogP contribution is 2.25. The van der Waals surface area contributed by atoms with E-state index in [1.54, 1.807) is 25.3 Å². The van der Waals surface area contributed by atoms with Crippen molar-refractivity contribution in [2.24, 2.45) is 0 Å². The number of nitrogens with zero attached hydrogens (tertiary/aromatic N) is 1. The maximum atomic E-state index is 10.8. The van der Waals surface area contributed by atoms with Crippen molar-refractivity contribution in [3.63, 3.8) is 0 Å². The van der Waals surface area contributed by atoms with Crippen LogP contribution in [0.4, 0.5) is 5.69 Å². The molecular formula is C12H12N2O3S. The molecule has 0 aliphatic heterocycles. The second-order valence-corrected chi connectivity index (χ2v) is 4.71. The van der Waals surface area contributed by atoms with Crippen molar-refractivity contribution in [2.45, 2.75) is 17.7 Å². The van der Waals surface area contributed by atoms with Crippen molar-refractivity contribution in [1.29, 1.82) is 0 Å². The van der Waals surface area contributed by atoms with Crippen LogP contribution in [0.1, 0.15) is 21.9 Å². The molecule has 0 atom stereocenters. The van der Waals surface area contributed by atoms with Crippen LogP contribution in [0.2, 0.25) is 0 Å². The van der Waals surface area contributed by atoms with Crippen molar-refractivity contribution in [3.05, 3.63) is 41.5 Å². The first kappa shape index (κ1) is 12.5. The van der Waals surface area contributed by atoms with Gasteiger partial charge in [-0.2, -0.15) is 0 Å². The molecule has 0 saturated heterocycles. The van der Waals surface area contributed by atoms with Gasteiger partial charge < -0.3 is 15.3 Å². The van der Waals surface area contributed by atoms with Gasteiger partial charge in [0.2, 0.25) is 5.76 Å². The summed E-state index contributed by atoms with van der Waals surface area (Å²) in [7, 11) is 0. The first-order valence-corrected chi connectivity index (χ1v) is 6.22. The molecule has 0 fully saturated rings. The van der Waals surface area contributed by atoms with Crippen LogP contribution in [-0.2, 0) is 5.75 Å². The lowest BCUT2D eigenvalue weighted by atomic mass is 10.3. The Kier molecular flexibility index (Phi) is 3.57. The molecule has 2 aromatic heterocycles. The number of carboxylic acids is 1. The van der Waals surface area contributed by atoms with Crippen molar-refractivity contribution in [2.75, 3.05) is 5.73 Å². The number of nitrogens with two attached hydrogens (primary N) is 1. The van der Waals surface area contributed by atoms with Gasteiger partial charge in [0.15, 0.2) is 0 Å². The number of aromatic nitrogens is 1. The van der Waals surface area contributed by atoms with E-state index in [9.17, 15) is 4.79 Å². The van der Waals surface area contributed by atoms with Gasteiger partial charge in [-0.15, -0.1) is 11.8 Å². The second kappa shape index (κ2) is 5.14. The Balaban J connectivity index is 2.06. The molecule has 3 N–H and O–H groups in total. The molecular weight excluding hydrogens is 252 g/mol. The summed E-state index contributed by atoms with van der Waals surface area (Å²) in [5, 5.41) is 9.65. The third kappa shape index (κ3) is 2.84. The molecule has 5 nitrogen and oxygen atoms in total. The maximum absolute atomic E-state index is 10.8. The predicted molar refractivity (Wildman–Crippen MR) is 68.6 cm³/mol. The molecule has 0 saturated carbocycles. The number of anilines is 1. The lowest BCUT2D eigenvalue weighted by Crippen LogP contribution is -1.91. The predicted octanol–water partition coefficient (Wildman–Crippen LogP) is 2.56. The number of hydrogen-bond acceptors (Lipinski definition) is 5. The largest absolute Gasteiger partial charge is 0.475 e. The minimum atomic E-state index is -1.06. The van der Waals surface area contributed by atoms with Gasteiger partial charge in [-0.3, -0.25) is 0 Å². The highest BCUT2D eigenvalue weighted by molar-refractivity contribution is 7.98. The molecule has 2 heterocycles. The number of furan rings is 1. The second-order valence-electron chi connectivity index (χ2n) is 3.72. The number of thioether (sulfide) groups is 1. The lowest BCUT2D eigenvalue weighted by molar-refractivity contribution is 0.0661. The fourth-order valence-electron chi connectivity index (χ4n) is 1.40. The summed E-state index contributed by atoms with van der Waals surface area (Å²) in [6.07, 6.45) is 1.59. The van der Waals surface area contributed by atoms with Crippen molar-refractivity contribution in [1.82, 2.24) is 4.98 Å². The van der Waals surface area contributed by atoms with E-state index < -0.39 is 5.97 Å². The van der Waals surface area contributed by atoms with Crippen molar-refractivity contribution in [3.8, 4) is 0 Å². The van der Waals surface area contributed by atoms with Gasteiger partial charge in [-0.25, -0.2) is 9.78 Å². The number of aromatic carboxylic acids is 1. The number of carbonyl (C=O) groups is 1. The van der Waals surface area contributed by atoms with Crippen molar-refractivity contribution < 1.29 is 14.3 Å². The maximum Gasteiger partial charge on any atom is 0.371 e. The Labute approximate surface area is 108 Å². The smallest absolute Gasteiger partial charge is 0.371 e. The summed E-state index contributed by atoms with van der Waals surface area (Å²) in [6, 6.07) is 5.15. The quantitative estimate of drug-likeness (QED) is 0.825. The molecule has 6 heteroatoms.